The fraction of sp³-hybridized carbons (Fsp3) is 0.390. The minimum Gasteiger partial charge on any atom is -0.494 e. The molecule has 0 amide bonds. The van der Waals surface area contributed by atoms with Crippen molar-refractivity contribution in [3.05, 3.63) is 157 Å². The van der Waals surface area contributed by atoms with Crippen LogP contribution in [0.2, 0.25) is 0 Å². The fourth-order valence-corrected chi connectivity index (χ4v) is 13.2. The van der Waals surface area contributed by atoms with Gasteiger partial charge in [0.1, 0.15) is 23.0 Å². The Hall–Kier alpha value is -7.30. The van der Waals surface area contributed by atoms with E-state index in [0.717, 1.165) is 75.1 Å². The minimum atomic E-state index is -0.100. The molecule has 4 nitrogen and oxygen atoms in total. The van der Waals surface area contributed by atoms with Crippen LogP contribution in [0.4, 0.5) is 0 Å². The van der Waals surface area contributed by atoms with Crippen molar-refractivity contribution in [3.8, 4) is 67.5 Å². The maximum atomic E-state index is 6.48. The van der Waals surface area contributed by atoms with E-state index in [0.29, 0.717) is 0 Å². The van der Waals surface area contributed by atoms with Gasteiger partial charge in [-0.25, -0.2) is 0 Å². The van der Waals surface area contributed by atoms with Gasteiger partial charge < -0.3 is 18.9 Å². The quantitative estimate of drug-likeness (QED) is 0.0278. The van der Waals surface area contributed by atoms with Crippen molar-refractivity contribution in [3.63, 3.8) is 0 Å². The second-order valence-electron chi connectivity index (χ2n) is 26.8. The summed E-state index contributed by atoms with van der Waals surface area (Å²) in [5.74, 6) is 3.65. The summed E-state index contributed by atoms with van der Waals surface area (Å²) in [6, 6.07) is 56.3. The van der Waals surface area contributed by atoms with Crippen molar-refractivity contribution in [2.24, 2.45) is 0 Å². The minimum absolute atomic E-state index is 0.100. The SMILES string of the molecule is CCCCCCOc1ccc(-c2cc3cc(C(C)(C)C)cc4cc(-c5ccc(OCCCCCC)cc5)c5c6c(-c7ccc(OCCCCCC)cc7)cc7cc(C(C)(C)C)cc8cc(-c9ccc(OCCCCCC)cc9)c(c2c5c34)c6c87)cc1. The van der Waals surface area contributed by atoms with Crippen LogP contribution in [0.1, 0.15) is 183 Å². The molecule has 0 radical (unpaired) electrons. The molecule has 4 heteroatoms. The highest BCUT2D eigenvalue weighted by molar-refractivity contribution is 6.47. The average molecular weight is 1140 g/mol. The molecule has 0 saturated heterocycles. The number of ether oxygens (including phenoxy) is 4. The molecule has 0 bridgehead atoms. The van der Waals surface area contributed by atoms with E-state index < -0.39 is 0 Å². The van der Waals surface area contributed by atoms with Gasteiger partial charge in [0.2, 0.25) is 0 Å². The Morgan fingerprint density at radius 2 is 0.465 bits per heavy atom. The molecule has 0 saturated carbocycles. The molecule has 0 spiro atoms. The van der Waals surface area contributed by atoms with Crippen LogP contribution in [0.3, 0.4) is 0 Å². The monoisotopic (exact) mass is 1140 g/mol. The van der Waals surface area contributed by atoms with Gasteiger partial charge in [-0.05, 0) is 230 Å². The Labute approximate surface area is 514 Å². The lowest BCUT2D eigenvalue weighted by Gasteiger charge is -2.28. The third kappa shape index (κ3) is 12.9. The van der Waals surface area contributed by atoms with E-state index in [1.165, 1.54) is 197 Å². The van der Waals surface area contributed by atoms with E-state index in [1.54, 1.807) is 0 Å². The van der Waals surface area contributed by atoms with Crippen LogP contribution in [-0.4, -0.2) is 26.4 Å². The molecule has 446 valence electrons. The predicted octanol–water partition coefficient (Wildman–Crippen LogP) is 24.6. The summed E-state index contributed by atoms with van der Waals surface area (Å²) < 4.78 is 25.9. The van der Waals surface area contributed by atoms with E-state index in [4.69, 9.17) is 18.9 Å². The van der Waals surface area contributed by atoms with Crippen molar-refractivity contribution in [2.45, 2.75) is 183 Å². The highest BCUT2D eigenvalue weighted by atomic mass is 16.5. The first-order valence-electron chi connectivity index (χ1n) is 33.2. The van der Waals surface area contributed by atoms with Gasteiger partial charge in [-0.1, -0.05) is 219 Å². The molecule has 0 atom stereocenters. The molecule has 11 rings (SSSR count). The van der Waals surface area contributed by atoms with Crippen LogP contribution < -0.4 is 18.9 Å². The Morgan fingerprint density at radius 3 is 0.663 bits per heavy atom. The zero-order valence-electron chi connectivity index (χ0n) is 53.6. The Bertz CT molecular complexity index is 3520. The summed E-state index contributed by atoms with van der Waals surface area (Å²) in [7, 11) is 0. The Balaban J connectivity index is 1.28. The number of rotatable bonds is 28. The number of benzene rings is 11. The normalized spacial score (nSPS) is 12.3. The van der Waals surface area contributed by atoms with Crippen LogP contribution in [-0.2, 0) is 10.8 Å². The second-order valence-corrected chi connectivity index (χ2v) is 26.8. The summed E-state index contributed by atoms with van der Waals surface area (Å²) in [6.07, 6.45) is 18.7. The van der Waals surface area contributed by atoms with Crippen molar-refractivity contribution < 1.29 is 18.9 Å². The third-order valence-electron chi connectivity index (χ3n) is 18.1. The van der Waals surface area contributed by atoms with Gasteiger partial charge in [-0.2, -0.15) is 0 Å². The first-order valence-corrected chi connectivity index (χ1v) is 33.2. The van der Waals surface area contributed by atoms with Gasteiger partial charge >= 0.3 is 0 Å². The molecule has 0 aliphatic rings. The third-order valence-corrected chi connectivity index (χ3v) is 18.1. The zero-order valence-corrected chi connectivity index (χ0v) is 53.6. The summed E-state index contributed by atoms with van der Waals surface area (Å²) in [6.45, 7) is 26.0. The van der Waals surface area contributed by atoms with Crippen molar-refractivity contribution in [1.29, 1.82) is 0 Å². The van der Waals surface area contributed by atoms with Gasteiger partial charge in [0, 0.05) is 0 Å². The van der Waals surface area contributed by atoms with Gasteiger partial charge in [-0.3, -0.25) is 0 Å². The smallest absolute Gasteiger partial charge is 0.119 e. The van der Waals surface area contributed by atoms with E-state index in [1.807, 2.05) is 0 Å². The Morgan fingerprint density at radius 1 is 0.244 bits per heavy atom. The van der Waals surface area contributed by atoms with Crippen molar-refractivity contribution in [1.82, 2.24) is 0 Å². The fourth-order valence-electron chi connectivity index (χ4n) is 13.2. The van der Waals surface area contributed by atoms with E-state index >= 15 is 0 Å². The molecule has 0 aliphatic heterocycles. The summed E-state index contributed by atoms with van der Waals surface area (Å²) in [5, 5.41) is 15.3. The molecule has 0 fully saturated rings. The molecule has 11 aromatic rings. The molecule has 0 heterocycles. The molecule has 0 N–H and O–H groups in total. The number of hydrogen-bond acceptors (Lipinski definition) is 4. The van der Waals surface area contributed by atoms with E-state index in [9.17, 15) is 0 Å². The largest absolute Gasteiger partial charge is 0.494 e. The van der Waals surface area contributed by atoms with Gasteiger partial charge in [0.05, 0.1) is 26.4 Å². The lowest BCUT2D eigenvalue weighted by molar-refractivity contribution is 0.305. The molecule has 86 heavy (non-hydrogen) atoms. The molecule has 11 aromatic carbocycles. The van der Waals surface area contributed by atoms with E-state index in [2.05, 4.69) is 215 Å². The standard InChI is InChI=1S/C82H94O4/c1-11-15-19-23-43-83-65-35-27-55(28-36-65)69-51-59-47-63(81(5,6)7)48-60-53-71(57-31-39-67(40-32-57)85-45-25-21-17-13-3)77-78-72(58-33-41-68(42-34-58)86-46-26-22-18-14-4)54-62-50-64(82(8,9)10)49-61-52-70(76(80(78)74(61)62)75(69)79(77)73(59)60)56-29-37-66(38-30-56)84-44-24-20-16-12-2/h27-42,47-54H,11-26,43-46H2,1-10H3. The molecular formula is C82H94O4. The van der Waals surface area contributed by atoms with Crippen LogP contribution >= 0.6 is 0 Å². The first-order chi connectivity index (χ1) is 41.8. The number of hydrogen-bond donors (Lipinski definition) is 0. The lowest BCUT2D eigenvalue weighted by Crippen LogP contribution is -2.11. The highest BCUT2D eigenvalue weighted by Crippen LogP contribution is 2.57. The Kier molecular flexibility index (Phi) is 18.8. The van der Waals surface area contributed by atoms with Crippen molar-refractivity contribution in [2.75, 3.05) is 26.4 Å². The average Bonchev–Trinajstić information content (AvgIpc) is 0.679. The predicted molar refractivity (Wildman–Crippen MR) is 372 cm³/mol. The first kappa shape index (κ1) is 60.4. The summed E-state index contributed by atoms with van der Waals surface area (Å²) in [4.78, 5) is 0. The van der Waals surface area contributed by atoms with Crippen molar-refractivity contribution >= 4 is 64.6 Å². The van der Waals surface area contributed by atoms with Crippen LogP contribution in [0, 0.1) is 0 Å². The van der Waals surface area contributed by atoms with Crippen LogP contribution in [0.15, 0.2) is 146 Å². The maximum absolute atomic E-state index is 6.48. The molecule has 0 unspecified atom stereocenters. The number of fused-ring (bicyclic) bond motifs is 2. The topological polar surface area (TPSA) is 36.9 Å². The number of unbranched alkanes of at least 4 members (excludes halogenated alkanes) is 12. The van der Waals surface area contributed by atoms with Gasteiger partial charge in [0.25, 0.3) is 0 Å². The second kappa shape index (κ2) is 26.8. The molecular weight excluding hydrogens is 1050 g/mol. The van der Waals surface area contributed by atoms with Gasteiger partial charge in [0.15, 0.2) is 0 Å². The van der Waals surface area contributed by atoms with Gasteiger partial charge in [-0.15, -0.1) is 0 Å². The molecule has 0 aliphatic carbocycles. The lowest BCUT2D eigenvalue weighted by atomic mass is 9.75. The maximum Gasteiger partial charge on any atom is 0.119 e. The van der Waals surface area contributed by atoms with Crippen LogP contribution in [0.5, 0.6) is 23.0 Å². The van der Waals surface area contributed by atoms with Crippen LogP contribution in [0.25, 0.3) is 109 Å². The molecule has 0 aromatic heterocycles. The highest BCUT2D eigenvalue weighted by Gasteiger charge is 2.30. The summed E-state index contributed by atoms with van der Waals surface area (Å²) >= 11 is 0. The summed E-state index contributed by atoms with van der Waals surface area (Å²) in [5.41, 5.74) is 12.0. The van der Waals surface area contributed by atoms with E-state index in [-0.39, 0.29) is 10.8 Å². The zero-order chi connectivity index (χ0) is 60.0.